The fourth-order valence-electron chi connectivity index (χ4n) is 0.823. The fraction of sp³-hybridized carbons (Fsp3) is 0.500. The maximum atomic E-state index is 10.5. The van der Waals surface area contributed by atoms with E-state index in [1.54, 1.807) is 0 Å². The Morgan fingerprint density at radius 1 is 1.54 bits per heavy atom. The Labute approximate surface area is 97.2 Å². The molecule has 0 aromatic carbocycles. The summed E-state index contributed by atoms with van der Waals surface area (Å²) in [6.07, 6.45) is -2.78. The van der Waals surface area contributed by atoms with Gasteiger partial charge in [0.25, 0.3) is 0 Å². The van der Waals surface area contributed by atoms with Gasteiger partial charge >= 0.3 is 35.5 Å². The van der Waals surface area contributed by atoms with Crippen LogP contribution in [0.5, 0.6) is 0 Å². The first-order chi connectivity index (χ1) is 5.57. The Bertz CT molecular complexity index is 242. The average Bonchev–Trinajstić information content (AvgIpc) is 2.32. The van der Waals surface area contributed by atoms with Crippen LogP contribution in [0.1, 0.15) is 1.43 Å². The van der Waals surface area contributed by atoms with Crippen molar-refractivity contribution in [2.75, 3.05) is 6.61 Å². The van der Waals surface area contributed by atoms with Crippen molar-refractivity contribution in [3.63, 3.8) is 0 Å². The minimum absolute atomic E-state index is 0. The van der Waals surface area contributed by atoms with Crippen LogP contribution in [-0.2, 0) is 9.53 Å². The summed E-state index contributed by atoms with van der Waals surface area (Å²) >= 11 is 0. The number of ether oxygens (including phenoxy) is 1. The number of esters is 1. The summed E-state index contributed by atoms with van der Waals surface area (Å²) < 4.78 is 4.32. The van der Waals surface area contributed by atoms with Crippen molar-refractivity contribution in [1.29, 1.82) is 0 Å². The third-order valence-corrected chi connectivity index (χ3v) is 1.48. The Morgan fingerprint density at radius 3 is 2.38 bits per heavy atom. The molecule has 1 aliphatic heterocycles. The van der Waals surface area contributed by atoms with Gasteiger partial charge < -0.3 is 26.6 Å². The molecule has 0 spiro atoms. The quantitative estimate of drug-likeness (QED) is 0.265. The van der Waals surface area contributed by atoms with Crippen molar-refractivity contribution in [3.05, 3.63) is 11.5 Å². The Hall–Kier alpha value is -0.270. The maximum absolute atomic E-state index is 10.5. The predicted molar refractivity (Wildman–Crippen MR) is 36.4 cm³/mol. The molecule has 13 heavy (non-hydrogen) atoms. The molecule has 2 atom stereocenters. The molecule has 1 rings (SSSR count). The molecule has 0 unspecified atom stereocenters. The van der Waals surface area contributed by atoms with E-state index in [4.69, 9.17) is 20.4 Å². The normalized spacial score (nSPS) is 23.8. The Balaban J connectivity index is 0. The van der Waals surface area contributed by atoms with Crippen LogP contribution in [0.2, 0.25) is 0 Å². The van der Waals surface area contributed by atoms with Gasteiger partial charge in [0.05, 0.1) is 6.61 Å². The topological polar surface area (TPSA) is 107 Å². The van der Waals surface area contributed by atoms with Crippen LogP contribution in [0.15, 0.2) is 11.5 Å². The number of carbonyl (C=O) groups is 1. The molecule has 0 fully saturated rings. The summed E-state index contributed by atoms with van der Waals surface area (Å²) in [7, 11) is 0. The molecule has 1 aliphatic rings. The van der Waals surface area contributed by atoms with Crippen molar-refractivity contribution < 1.29 is 60.9 Å². The molecule has 0 amide bonds. The molecule has 0 aromatic rings. The Kier molecular flexibility index (Phi) is 4.72. The summed E-state index contributed by atoms with van der Waals surface area (Å²) in [4.78, 5) is 10.5. The van der Waals surface area contributed by atoms with E-state index in [-0.39, 0.29) is 31.0 Å². The first kappa shape index (κ1) is 12.7. The van der Waals surface area contributed by atoms with Crippen LogP contribution in [0.3, 0.4) is 0 Å². The van der Waals surface area contributed by atoms with E-state index < -0.39 is 36.3 Å². The second kappa shape index (κ2) is 4.83. The number of rotatable bonds is 2. The number of hydrogen-bond donors (Lipinski definition) is 4. The molecule has 0 radical (unpaired) electrons. The number of aliphatic hydroxyl groups is 4. The summed E-state index contributed by atoms with van der Waals surface area (Å²) in [6.45, 7) is -0.671. The maximum Gasteiger partial charge on any atom is 1.00 e. The molecular formula is C6H9NaO6. The Morgan fingerprint density at radius 2 is 2.08 bits per heavy atom. The molecule has 0 saturated carbocycles. The molecule has 70 valence electrons. The summed E-state index contributed by atoms with van der Waals surface area (Å²) in [6, 6.07) is 0. The van der Waals surface area contributed by atoms with Gasteiger partial charge in [-0.1, -0.05) is 0 Å². The predicted octanol–water partition coefficient (Wildman–Crippen LogP) is -4.29. The number of carbonyl (C=O) groups excluding carboxylic acids is 1. The molecule has 1 heterocycles. The zero-order chi connectivity index (χ0) is 9.30. The third kappa shape index (κ3) is 2.35. The van der Waals surface area contributed by atoms with Gasteiger partial charge in [0.2, 0.25) is 5.76 Å². The minimum atomic E-state index is -1.42. The first-order valence-corrected chi connectivity index (χ1v) is 3.20. The molecule has 4 N–H and O–H groups in total. The van der Waals surface area contributed by atoms with Crippen LogP contribution >= 0.6 is 0 Å². The summed E-state index contributed by atoms with van der Waals surface area (Å²) in [5, 5.41) is 35.0. The average molecular weight is 200 g/mol. The van der Waals surface area contributed by atoms with Gasteiger partial charge in [0, 0.05) is 0 Å². The van der Waals surface area contributed by atoms with Gasteiger partial charge in [0.1, 0.15) is 6.10 Å². The van der Waals surface area contributed by atoms with Gasteiger partial charge in [-0.15, -0.1) is 0 Å². The molecule has 0 bridgehead atoms. The van der Waals surface area contributed by atoms with Crippen LogP contribution in [0.25, 0.3) is 0 Å². The molecule has 7 heteroatoms. The zero-order valence-electron chi connectivity index (χ0n) is 7.97. The van der Waals surface area contributed by atoms with Crippen LogP contribution < -0.4 is 29.6 Å². The van der Waals surface area contributed by atoms with Crippen LogP contribution in [-0.4, -0.2) is 45.2 Å². The first-order valence-electron chi connectivity index (χ1n) is 3.20. The van der Waals surface area contributed by atoms with E-state index in [0.29, 0.717) is 0 Å². The van der Waals surface area contributed by atoms with Crippen molar-refractivity contribution in [2.24, 2.45) is 0 Å². The minimum Gasteiger partial charge on any atom is -1.00 e. The SMILES string of the molecule is O=C1O[C@H]([C@@H](O)CO)C(O)=C1O.[H-].[Na+]. The molecule has 0 aromatic heterocycles. The van der Waals surface area contributed by atoms with Crippen molar-refractivity contribution in [3.8, 4) is 0 Å². The third-order valence-electron chi connectivity index (χ3n) is 1.48. The van der Waals surface area contributed by atoms with Crippen molar-refractivity contribution in [1.82, 2.24) is 0 Å². The fourth-order valence-corrected chi connectivity index (χ4v) is 0.823. The molecule has 0 saturated heterocycles. The number of aliphatic hydroxyl groups excluding tert-OH is 4. The summed E-state index contributed by atoms with van der Waals surface area (Å²) in [5.41, 5.74) is 0. The van der Waals surface area contributed by atoms with Gasteiger partial charge in [-0.3, -0.25) is 0 Å². The van der Waals surface area contributed by atoms with Gasteiger partial charge in [-0.2, -0.15) is 0 Å². The second-order valence-electron chi connectivity index (χ2n) is 2.31. The monoisotopic (exact) mass is 200 g/mol. The summed E-state index contributed by atoms with van der Waals surface area (Å²) in [5.74, 6) is -2.78. The smallest absolute Gasteiger partial charge is 1.00 e. The number of hydrogen-bond acceptors (Lipinski definition) is 6. The van der Waals surface area contributed by atoms with Crippen molar-refractivity contribution in [2.45, 2.75) is 12.2 Å². The van der Waals surface area contributed by atoms with E-state index in [1.807, 2.05) is 0 Å². The van der Waals surface area contributed by atoms with Crippen LogP contribution in [0, 0.1) is 0 Å². The van der Waals surface area contributed by atoms with E-state index in [9.17, 15) is 4.79 Å². The standard InChI is InChI=1S/C6H8O6.Na.H/c7-1-2(8)5-3(9)4(10)6(11)12-5;;/h2,5,7-10H,1H2;;/q;+1;-1/t2-,5+;;/m0../s1. The van der Waals surface area contributed by atoms with E-state index in [1.165, 1.54) is 0 Å². The largest absolute Gasteiger partial charge is 1.00 e. The number of cyclic esters (lactones) is 1. The second-order valence-corrected chi connectivity index (χ2v) is 2.31. The van der Waals surface area contributed by atoms with Gasteiger partial charge in [-0.25, -0.2) is 4.79 Å². The van der Waals surface area contributed by atoms with Crippen molar-refractivity contribution >= 4 is 5.97 Å². The van der Waals surface area contributed by atoms with Crippen LogP contribution in [0.4, 0.5) is 0 Å². The van der Waals surface area contributed by atoms with Gasteiger partial charge in [0.15, 0.2) is 11.9 Å². The molecule has 0 aliphatic carbocycles. The molecular weight excluding hydrogens is 191 g/mol. The van der Waals surface area contributed by atoms with E-state index >= 15 is 0 Å². The van der Waals surface area contributed by atoms with E-state index in [0.717, 1.165) is 0 Å². The van der Waals surface area contributed by atoms with E-state index in [2.05, 4.69) is 4.74 Å². The zero-order valence-corrected chi connectivity index (χ0v) is 8.97. The van der Waals surface area contributed by atoms with Gasteiger partial charge in [-0.05, 0) is 0 Å². The molecule has 6 nitrogen and oxygen atoms in total.